The molecule has 136 valence electrons. The van der Waals surface area contributed by atoms with E-state index in [0.29, 0.717) is 23.7 Å². The van der Waals surface area contributed by atoms with E-state index in [1.165, 1.54) is 12.1 Å². The molecule has 1 aromatic carbocycles. The van der Waals surface area contributed by atoms with Gasteiger partial charge in [0.25, 0.3) is 5.91 Å². The van der Waals surface area contributed by atoms with Crippen LogP contribution < -0.4 is 10.2 Å². The van der Waals surface area contributed by atoms with Crippen molar-refractivity contribution in [3.05, 3.63) is 28.8 Å². The highest BCUT2D eigenvalue weighted by molar-refractivity contribution is 6.34. The predicted molar refractivity (Wildman–Crippen MR) is 95.8 cm³/mol. The van der Waals surface area contributed by atoms with Gasteiger partial charge in [0.15, 0.2) is 6.61 Å². The van der Waals surface area contributed by atoms with E-state index in [9.17, 15) is 14.4 Å². The molecule has 6 nitrogen and oxygen atoms in total. The molecule has 25 heavy (non-hydrogen) atoms. The molecule has 0 bridgehead atoms. The fraction of sp³-hybridized carbons (Fsp3) is 0.500. The molecule has 1 saturated heterocycles. The third-order valence-electron chi connectivity index (χ3n) is 4.27. The first kappa shape index (κ1) is 19.2. The van der Waals surface area contributed by atoms with Gasteiger partial charge in [-0.2, -0.15) is 0 Å². The lowest BCUT2D eigenvalue weighted by Gasteiger charge is -2.18. The monoisotopic (exact) mass is 366 g/mol. The number of carbonyl (C=O) groups is 3. The largest absolute Gasteiger partial charge is 0.452 e. The Morgan fingerprint density at radius 1 is 1.32 bits per heavy atom. The van der Waals surface area contributed by atoms with Crippen molar-refractivity contribution in [2.24, 2.45) is 5.92 Å². The van der Waals surface area contributed by atoms with Gasteiger partial charge in [-0.15, -0.1) is 0 Å². The Bertz CT molecular complexity index is 675. The zero-order valence-corrected chi connectivity index (χ0v) is 15.4. The number of halogens is 1. The molecule has 1 aliphatic rings. The zero-order valence-electron chi connectivity index (χ0n) is 14.7. The number of amides is 2. The summed E-state index contributed by atoms with van der Waals surface area (Å²) in [4.78, 5) is 37.4. The normalized spacial score (nSPS) is 15.4. The summed E-state index contributed by atoms with van der Waals surface area (Å²) in [6.07, 6.45) is 1.23. The van der Waals surface area contributed by atoms with Crippen LogP contribution in [0.1, 0.15) is 44.0 Å². The van der Waals surface area contributed by atoms with Crippen LogP contribution in [0.15, 0.2) is 18.2 Å². The van der Waals surface area contributed by atoms with Crippen LogP contribution in [0.5, 0.6) is 0 Å². The fourth-order valence-corrected chi connectivity index (χ4v) is 2.65. The molecular weight excluding hydrogens is 344 g/mol. The van der Waals surface area contributed by atoms with Gasteiger partial charge in [-0.1, -0.05) is 25.4 Å². The van der Waals surface area contributed by atoms with Gasteiger partial charge in [-0.05, 0) is 37.5 Å². The Hall–Kier alpha value is -2.08. The van der Waals surface area contributed by atoms with Gasteiger partial charge in [0, 0.05) is 19.0 Å². The second-order valence-electron chi connectivity index (χ2n) is 6.49. The smallest absolute Gasteiger partial charge is 0.338 e. The highest BCUT2D eigenvalue weighted by atomic mass is 35.5. The lowest BCUT2D eigenvalue weighted by Crippen LogP contribution is -2.38. The number of rotatable bonds is 6. The molecule has 0 saturated carbocycles. The van der Waals surface area contributed by atoms with E-state index in [0.717, 1.165) is 6.42 Å². The van der Waals surface area contributed by atoms with E-state index in [-0.39, 0.29) is 35.9 Å². The maximum absolute atomic E-state index is 12.2. The van der Waals surface area contributed by atoms with E-state index in [1.54, 1.807) is 11.0 Å². The Labute approximate surface area is 152 Å². The molecule has 1 aliphatic heterocycles. The topological polar surface area (TPSA) is 75.7 Å². The summed E-state index contributed by atoms with van der Waals surface area (Å²) in [5.74, 6) is -0.707. The number of anilines is 1. The summed E-state index contributed by atoms with van der Waals surface area (Å²) in [5.41, 5.74) is 0.750. The van der Waals surface area contributed by atoms with Crippen LogP contribution in [0.4, 0.5) is 5.69 Å². The minimum Gasteiger partial charge on any atom is -0.452 e. The summed E-state index contributed by atoms with van der Waals surface area (Å²) >= 11 is 6.15. The fourth-order valence-electron chi connectivity index (χ4n) is 2.43. The summed E-state index contributed by atoms with van der Waals surface area (Å²) in [6.45, 7) is 6.10. The predicted octanol–water partition coefficient (Wildman–Crippen LogP) is 2.78. The first-order chi connectivity index (χ1) is 11.8. The van der Waals surface area contributed by atoms with Crippen molar-refractivity contribution >= 4 is 35.1 Å². The first-order valence-corrected chi connectivity index (χ1v) is 8.73. The molecule has 1 N–H and O–H groups in total. The van der Waals surface area contributed by atoms with Crippen LogP contribution >= 0.6 is 11.6 Å². The summed E-state index contributed by atoms with van der Waals surface area (Å²) in [6, 6.07) is 4.60. The van der Waals surface area contributed by atoms with Crippen molar-refractivity contribution in [3.63, 3.8) is 0 Å². The van der Waals surface area contributed by atoms with Crippen molar-refractivity contribution in [1.29, 1.82) is 0 Å². The Kier molecular flexibility index (Phi) is 6.42. The van der Waals surface area contributed by atoms with Crippen LogP contribution in [-0.4, -0.2) is 37.0 Å². The second-order valence-corrected chi connectivity index (χ2v) is 6.90. The van der Waals surface area contributed by atoms with Crippen LogP contribution in [0, 0.1) is 5.92 Å². The highest BCUT2D eigenvalue weighted by Crippen LogP contribution is 2.30. The van der Waals surface area contributed by atoms with Crippen molar-refractivity contribution in [3.8, 4) is 0 Å². The average Bonchev–Trinajstić information content (AvgIpc) is 2.98. The number of nitrogens with one attached hydrogen (secondary N) is 1. The van der Waals surface area contributed by atoms with Gasteiger partial charge in [0.05, 0.1) is 16.3 Å². The lowest BCUT2D eigenvalue weighted by molar-refractivity contribution is -0.125. The summed E-state index contributed by atoms with van der Waals surface area (Å²) in [5, 5.41) is 3.17. The van der Waals surface area contributed by atoms with Gasteiger partial charge < -0.3 is 15.0 Å². The third-order valence-corrected chi connectivity index (χ3v) is 4.59. The standard InChI is InChI=1S/C18H23ClN2O4/c1-11(2)12(3)20-16(22)10-25-18(24)13-6-7-14(19)15(9-13)21-8-4-5-17(21)23/h6-7,9,11-12H,4-5,8,10H2,1-3H3,(H,20,22)/t12-/m0/s1. The molecule has 0 spiro atoms. The quantitative estimate of drug-likeness (QED) is 0.785. The number of esters is 1. The van der Waals surface area contributed by atoms with Gasteiger partial charge in [0.1, 0.15) is 0 Å². The Morgan fingerprint density at radius 3 is 2.64 bits per heavy atom. The van der Waals surface area contributed by atoms with Crippen LogP contribution in [0.3, 0.4) is 0 Å². The Morgan fingerprint density at radius 2 is 2.04 bits per heavy atom. The lowest BCUT2D eigenvalue weighted by atomic mass is 10.1. The number of benzene rings is 1. The molecule has 2 amide bonds. The van der Waals surface area contributed by atoms with Gasteiger partial charge in [-0.25, -0.2) is 4.79 Å². The maximum atomic E-state index is 12.2. The Balaban J connectivity index is 2.00. The number of carbonyl (C=O) groups excluding carboxylic acids is 3. The van der Waals surface area contributed by atoms with Crippen molar-refractivity contribution in [1.82, 2.24) is 5.32 Å². The molecule has 1 heterocycles. The number of nitrogens with zero attached hydrogens (tertiary/aromatic N) is 1. The molecule has 7 heteroatoms. The van der Waals surface area contributed by atoms with E-state index < -0.39 is 5.97 Å². The molecule has 2 rings (SSSR count). The van der Waals surface area contributed by atoms with Crippen LogP contribution in [0.25, 0.3) is 0 Å². The van der Waals surface area contributed by atoms with E-state index >= 15 is 0 Å². The van der Waals surface area contributed by atoms with Crippen LogP contribution in [-0.2, 0) is 14.3 Å². The highest BCUT2D eigenvalue weighted by Gasteiger charge is 2.25. The molecule has 0 radical (unpaired) electrons. The molecule has 0 aliphatic carbocycles. The van der Waals surface area contributed by atoms with Gasteiger partial charge in [-0.3, -0.25) is 9.59 Å². The molecule has 1 fully saturated rings. The summed E-state index contributed by atoms with van der Waals surface area (Å²) in [7, 11) is 0. The second kappa shape index (κ2) is 8.34. The number of ether oxygens (including phenoxy) is 1. The van der Waals surface area contributed by atoms with Crippen molar-refractivity contribution in [2.75, 3.05) is 18.1 Å². The van der Waals surface area contributed by atoms with Gasteiger partial charge in [0.2, 0.25) is 5.91 Å². The molecule has 0 unspecified atom stereocenters. The number of hydrogen-bond acceptors (Lipinski definition) is 4. The van der Waals surface area contributed by atoms with E-state index in [2.05, 4.69) is 5.32 Å². The zero-order chi connectivity index (χ0) is 18.6. The van der Waals surface area contributed by atoms with E-state index in [1.807, 2.05) is 20.8 Å². The third kappa shape index (κ3) is 4.95. The SMILES string of the molecule is CC(C)[C@H](C)NC(=O)COC(=O)c1ccc(Cl)c(N2CCCC2=O)c1. The summed E-state index contributed by atoms with van der Waals surface area (Å²) < 4.78 is 5.06. The average molecular weight is 367 g/mol. The minimum atomic E-state index is -0.628. The minimum absolute atomic E-state index is 0.00508. The molecule has 0 aromatic heterocycles. The molecule has 1 atom stereocenters. The van der Waals surface area contributed by atoms with Crippen molar-refractivity contribution < 1.29 is 19.1 Å². The first-order valence-electron chi connectivity index (χ1n) is 8.36. The van der Waals surface area contributed by atoms with E-state index in [4.69, 9.17) is 16.3 Å². The van der Waals surface area contributed by atoms with Crippen molar-refractivity contribution in [2.45, 2.75) is 39.7 Å². The number of hydrogen-bond donors (Lipinski definition) is 1. The molecule has 1 aromatic rings. The van der Waals surface area contributed by atoms with Crippen LogP contribution in [0.2, 0.25) is 5.02 Å². The maximum Gasteiger partial charge on any atom is 0.338 e. The molecular formula is C18H23ClN2O4. The van der Waals surface area contributed by atoms with Gasteiger partial charge >= 0.3 is 5.97 Å².